The minimum Gasteiger partial charge on any atom is -0.489 e. The smallest absolute Gasteiger partial charge is 0.409 e. The van der Waals surface area contributed by atoms with Gasteiger partial charge in [0.25, 0.3) is 21.6 Å². The molecule has 2 amide bonds. The number of fused-ring (bicyclic) bond motifs is 2. The van der Waals surface area contributed by atoms with E-state index in [9.17, 15) is 28.1 Å². The maximum atomic E-state index is 14.1. The number of ether oxygens (including phenoxy) is 4. The first-order chi connectivity index (χ1) is 32.6. The Morgan fingerprint density at radius 2 is 1.84 bits per heavy atom. The van der Waals surface area contributed by atoms with Crippen LogP contribution in [-0.2, 0) is 19.5 Å². The summed E-state index contributed by atoms with van der Waals surface area (Å²) in [5, 5.41) is 17.0. The van der Waals surface area contributed by atoms with Gasteiger partial charge >= 0.3 is 6.09 Å². The van der Waals surface area contributed by atoms with Crippen LogP contribution in [0.2, 0.25) is 5.02 Å². The third kappa shape index (κ3) is 10.2. The van der Waals surface area contributed by atoms with Gasteiger partial charge in [0, 0.05) is 79.8 Å². The van der Waals surface area contributed by atoms with Gasteiger partial charge in [-0.05, 0) is 79.1 Å². The van der Waals surface area contributed by atoms with Gasteiger partial charge in [0.05, 0.1) is 53.5 Å². The number of hydrogen-bond acceptors (Lipinski definition) is 14. The van der Waals surface area contributed by atoms with Crippen molar-refractivity contribution in [3.8, 4) is 17.2 Å². The molecule has 18 nitrogen and oxygen atoms in total. The fourth-order valence-corrected chi connectivity index (χ4v) is 10.4. The third-order valence-electron chi connectivity index (χ3n) is 12.9. The number of nitrogens with zero attached hydrogens (tertiary/aromatic N) is 5. The minimum atomic E-state index is -4.74. The Hall–Kier alpha value is -6.41. The van der Waals surface area contributed by atoms with Crippen LogP contribution in [0.15, 0.2) is 89.6 Å². The standard InChI is InChI=1S/C48H53ClN8O10S/c1-4-64-47(59)56-19-20-65-43(28-56)39-29-66-42-24-36(23-40(57(60)61)44(42)52-39)68(62,63)53-46(58)37-10-9-34(22-41(37)67-35-21-31-12-14-50-45(31)51-26-35)55-17-15-54(16-18-55)27-32-11-13-48(2,3)25-38(32)30-5-7-33(49)8-6-30/h5-10,12,14,21-24,26,39,43,52H,4,11,13,15-20,25,27-29H2,1-3H3,(H,50,51)(H,53,58)/t39-,43?/m0/s1. The van der Waals surface area contributed by atoms with Crippen molar-refractivity contribution in [3.05, 3.63) is 111 Å². The Balaban J connectivity index is 0.933. The number of allylic oxidation sites excluding steroid dienone is 1. The number of aromatic amines is 1. The predicted octanol–water partition coefficient (Wildman–Crippen LogP) is 7.85. The molecule has 0 spiro atoms. The summed E-state index contributed by atoms with van der Waals surface area (Å²) in [6.07, 6.45) is 5.28. The second kappa shape index (κ2) is 19.3. The van der Waals surface area contributed by atoms with Crippen LogP contribution in [0.4, 0.5) is 21.9 Å². The van der Waals surface area contributed by atoms with E-state index in [1.165, 1.54) is 33.9 Å². The maximum Gasteiger partial charge on any atom is 0.409 e. The molecule has 3 N–H and O–H groups in total. The summed E-state index contributed by atoms with van der Waals surface area (Å²) in [6, 6.07) is 18.0. The van der Waals surface area contributed by atoms with Gasteiger partial charge in [0.15, 0.2) is 11.4 Å². The van der Waals surface area contributed by atoms with E-state index in [0.29, 0.717) is 36.1 Å². The fourth-order valence-electron chi connectivity index (χ4n) is 9.26. The van der Waals surface area contributed by atoms with E-state index in [1.807, 2.05) is 18.2 Å². The van der Waals surface area contributed by atoms with Crippen molar-refractivity contribution in [1.82, 2.24) is 24.5 Å². The molecule has 20 heteroatoms. The third-order valence-corrected chi connectivity index (χ3v) is 14.5. The molecule has 1 aliphatic carbocycles. The SMILES string of the molecule is CCOC(=O)N1CCOC([C@@H]2COc3cc(S(=O)(=O)NC(=O)c4ccc(N5CCN(CC6=C(c7ccc(Cl)cc7)CC(C)(C)CC6)CC5)cc4Oc4cnc5[nH]ccc5c4)cc([N+](=O)[O-])c3N2)C1. The number of nitro groups is 1. The van der Waals surface area contributed by atoms with Gasteiger partial charge in [-0.2, -0.15) is 0 Å². The molecule has 5 heterocycles. The summed E-state index contributed by atoms with van der Waals surface area (Å²) in [6.45, 7) is 11.0. The quantitative estimate of drug-likeness (QED) is 0.0803. The van der Waals surface area contributed by atoms with Crippen molar-refractivity contribution in [2.45, 2.75) is 57.1 Å². The number of H-pyrrole nitrogens is 1. The van der Waals surface area contributed by atoms with E-state index >= 15 is 0 Å². The fraction of sp³-hybridized carbons (Fsp3) is 0.396. The summed E-state index contributed by atoms with van der Waals surface area (Å²) in [5.41, 5.74) is 4.92. The molecule has 2 aromatic heterocycles. The number of aromatic nitrogens is 2. The van der Waals surface area contributed by atoms with Crippen LogP contribution in [0.5, 0.6) is 17.2 Å². The van der Waals surface area contributed by atoms with Gasteiger partial charge < -0.3 is 39.0 Å². The number of halogens is 1. The van der Waals surface area contributed by atoms with Gasteiger partial charge in [-0.3, -0.25) is 19.8 Å². The largest absolute Gasteiger partial charge is 0.489 e. The van der Waals surface area contributed by atoms with E-state index in [1.54, 1.807) is 31.3 Å². The molecule has 68 heavy (non-hydrogen) atoms. The molecule has 2 atom stereocenters. The predicted molar refractivity (Wildman–Crippen MR) is 256 cm³/mol. The van der Waals surface area contributed by atoms with Crippen LogP contribution in [0.1, 0.15) is 56.0 Å². The number of anilines is 2. The van der Waals surface area contributed by atoms with Gasteiger partial charge in [0.2, 0.25) is 0 Å². The molecular weight excluding hydrogens is 916 g/mol. The summed E-state index contributed by atoms with van der Waals surface area (Å²) in [7, 11) is -4.74. The molecule has 358 valence electrons. The number of carbonyl (C=O) groups is 2. The molecule has 3 aliphatic heterocycles. The molecule has 3 aromatic carbocycles. The zero-order valence-corrected chi connectivity index (χ0v) is 39.5. The Morgan fingerprint density at radius 3 is 2.60 bits per heavy atom. The van der Waals surface area contributed by atoms with Crippen molar-refractivity contribution in [2.75, 3.05) is 75.9 Å². The molecule has 2 fully saturated rings. The number of hydrogen-bond donors (Lipinski definition) is 3. The number of amides is 2. The van der Waals surface area contributed by atoms with Crippen LogP contribution in [0.3, 0.4) is 0 Å². The van der Waals surface area contributed by atoms with Crippen LogP contribution >= 0.6 is 11.6 Å². The van der Waals surface area contributed by atoms with Crippen molar-refractivity contribution in [3.63, 3.8) is 0 Å². The Bertz CT molecular complexity index is 2880. The van der Waals surface area contributed by atoms with E-state index in [2.05, 4.69) is 55.8 Å². The van der Waals surface area contributed by atoms with Crippen LogP contribution in [0.25, 0.3) is 16.6 Å². The number of benzene rings is 3. The lowest BCUT2D eigenvalue weighted by atomic mass is 9.72. The summed E-state index contributed by atoms with van der Waals surface area (Å²) >= 11 is 6.25. The van der Waals surface area contributed by atoms with Gasteiger partial charge in [-0.25, -0.2) is 22.9 Å². The number of nitrogens with one attached hydrogen (secondary N) is 3. The number of nitro benzene ring substituents is 1. The Labute approximate surface area is 398 Å². The number of carbonyl (C=O) groups excluding carboxylic acids is 2. The molecule has 0 bridgehead atoms. The van der Waals surface area contributed by atoms with Gasteiger partial charge in [-0.15, -0.1) is 0 Å². The van der Waals surface area contributed by atoms with Crippen LogP contribution < -0.4 is 24.4 Å². The van der Waals surface area contributed by atoms with Crippen molar-refractivity contribution < 1.29 is 41.9 Å². The maximum absolute atomic E-state index is 14.1. The van der Waals surface area contributed by atoms with E-state index in [-0.39, 0.29) is 54.5 Å². The van der Waals surface area contributed by atoms with E-state index in [0.717, 1.165) is 62.1 Å². The lowest BCUT2D eigenvalue weighted by Crippen LogP contribution is -2.54. The van der Waals surface area contributed by atoms with Crippen LogP contribution in [0, 0.1) is 15.5 Å². The summed E-state index contributed by atoms with van der Waals surface area (Å²) in [4.78, 5) is 51.3. The lowest BCUT2D eigenvalue weighted by Gasteiger charge is -2.39. The molecule has 2 saturated heterocycles. The van der Waals surface area contributed by atoms with Crippen molar-refractivity contribution in [1.29, 1.82) is 0 Å². The van der Waals surface area contributed by atoms with Crippen LogP contribution in [-0.4, -0.2) is 123 Å². The molecular formula is C48H53ClN8O10S. The zero-order valence-electron chi connectivity index (χ0n) is 38.0. The number of pyridine rings is 1. The summed E-state index contributed by atoms with van der Waals surface area (Å²) < 4.78 is 53.3. The summed E-state index contributed by atoms with van der Waals surface area (Å²) in [5.74, 6) is -0.730. The molecule has 0 radical (unpaired) electrons. The van der Waals surface area contributed by atoms with E-state index < -0.39 is 49.7 Å². The second-order valence-electron chi connectivity index (χ2n) is 18.2. The first kappa shape index (κ1) is 46.7. The van der Waals surface area contributed by atoms with Crippen molar-refractivity contribution >= 4 is 67.3 Å². The van der Waals surface area contributed by atoms with Gasteiger partial charge in [-0.1, -0.05) is 43.2 Å². The Morgan fingerprint density at radius 1 is 1.04 bits per heavy atom. The highest BCUT2D eigenvalue weighted by Gasteiger charge is 2.38. The number of rotatable bonds is 12. The second-order valence-corrected chi connectivity index (χ2v) is 20.3. The van der Waals surface area contributed by atoms with E-state index in [4.69, 9.17) is 30.5 Å². The normalized spacial score (nSPS) is 19.7. The highest BCUT2D eigenvalue weighted by atomic mass is 35.5. The zero-order chi connectivity index (χ0) is 47.7. The number of piperazine rings is 1. The number of sulfonamides is 1. The molecule has 4 aliphatic rings. The molecule has 5 aromatic rings. The topological polar surface area (TPSA) is 211 Å². The highest BCUT2D eigenvalue weighted by Crippen LogP contribution is 2.44. The highest BCUT2D eigenvalue weighted by molar-refractivity contribution is 7.90. The number of morpholine rings is 1. The molecule has 1 unspecified atom stereocenters. The first-order valence-corrected chi connectivity index (χ1v) is 24.5. The van der Waals surface area contributed by atoms with Crippen molar-refractivity contribution in [2.24, 2.45) is 5.41 Å². The average Bonchev–Trinajstić information content (AvgIpc) is 3.80. The Kier molecular flexibility index (Phi) is 13.2. The lowest BCUT2D eigenvalue weighted by molar-refractivity contribution is -0.384. The molecule has 0 saturated carbocycles. The molecule has 9 rings (SSSR count). The monoisotopic (exact) mass is 968 g/mol. The minimum absolute atomic E-state index is 0.0608. The average molecular weight is 970 g/mol. The van der Waals surface area contributed by atoms with Gasteiger partial charge in [0.1, 0.15) is 23.8 Å². The first-order valence-electron chi connectivity index (χ1n) is 22.6.